The molecule has 6 nitrogen and oxygen atoms in total. The highest BCUT2D eigenvalue weighted by Gasteiger charge is 2.62. The topological polar surface area (TPSA) is 85.2 Å². The lowest BCUT2D eigenvalue weighted by atomic mass is 9.75. The number of aliphatic hydroxyl groups is 1. The third-order valence-corrected chi connectivity index (χ3v) is 4.05. The van der Waals surface area contributed by atoms with Crippen molar-refractivity contribution in [2.45, 2.75) is 24.2 Å². The summed E-state index contributed by atoms with van der Waals surface area (Å²) in [4.78, 5) is 11.9. The van der Waals surface area contributed by atoms with Gasteiger partial charge in [-0.2, -0.15) is 0 Å². The summed E-state index contributed by atoms with van der Waals surface area (Å²) >= 11 is 0. The molecule has 1 aliphatic carbocycles. The Labute approximate surface area is 121 Å². The molecule has 1 aliphatic heterocycles. The van der Waals surface area contributed by atoms with Gasteiger partial charge in [-0.1, -0.05) is 0 Å². The monoisotopic (exact) mass is 292 g/mol. The van der Waals surface area contributed by atoms with Gasteiger partial charge in [0.1, 0.15) is 17.3 Å². The van der Waals surface area contributed by atoms with Crippen LogP contribution in [-0.2, 0) is 20.7 Å². The zero-order valence-corrected chi connectivity index (χ0v) is 11.8. The highest BCUT2D eigenvalue weighted by atomic mass is 16.7. The van der Waals surface area contributed by atoms with Gasteiger partial charge < -0.3 is 24.4 Å². The minimum Gasteiger partial charge on any atom is -0.508 e. The summed E-state index contributed by atoms with van der Waals surface area (Å²) in [6.07, 6.45) is 1.25. The maximum absolute atomic E-state index is 11.9. The van der Waals surface area contributed by atoms with Gasteiger partial charge in [0.05, 0.1) is 13.5 Å². The molecule has 0 unspecified atom stereocenters. The Morgan fingerprint density at radius 3 is 2.71 bits per heavy atom. The molecule has 0 amide bonds. The number of aromatic hydroxyl groups is 1. The van der Waals surface area contributed by atoms with E-state index in [0.29, 0.717) is 11.3 Å². The van der Waals surface area contributed by atoms with Crippen molar-refractivity contribution in [3.63, 3.8) is 0 Å². The number of fused-ring (bicyclic) bond motifs is 2. The first-order valence-electron chi connectivity index (χ1n) is 6.51. The van der Waals surface area contributed by atoms with Crippen LogP contribution in [0.1, 0.15) is 12.0 Å². The Kier molecular flexibility index (Phi) is 2.96. The Morgan fingerprint density at radius 1 is 1.29 bits per heavy atom. The smallest absolute Gasteiger partial charge is 0.254 e. The predicted molar refractivity (Wildman–Crippen MR) is 71.8 cm³/mol. The summed E-state index contributed by atoms with van der Waals surface area (Å²) in [7, 11) is 2.75. The first-order valence-corrected chi connectivity index (χ1v) is 6.51. The number of phenols is 1. The third-order valence-electron chi connectivity index (χ3n) is 4.05. The van der Waals surface area contributed by atoms with Gasteiger partial charge in [-0.15, -0.1) is 0 Å². The number of ether oxygens (including phenoxy) is 3. The number of methoxy groups -OCH3 is 2. The fraction of sp³-hybridized carbons (Fsp3) is 0.400. The SMILES string of the molecule is COC1=CC(=O)C[C@@]2(OC)Oc3ccc(O)cc3C[C@@]12O. The number of phenolic OH excluding ortho intramolecular Hbond substituents is 1. The van der Waals surface area contributed by atoms with E-state index in [2.05, 4.69) is 0 Å². The molecule has 6 heteroatoms. The highest BCUT2D eigenvalue weighted by Crippen LogP contribution is 2.48. The quantitative estimate of drug-likeness (QED) is 0.842. The van der Waals surface area contributed by atoms with Crippen LogP contribution in [0.4, 0.5) is 0 Å². The fourth-order valence-electron chi connectivity index (χ4n) is 2.99. The van der Waals surface area contributed by atoms with Crippen molar-refractivity contribution in [2.75, 3.05) is 14.2 Å². The van der Waals surface area contributed by atoms with E-state index in [9.17, 15) is 15.0 Å². The average Bonchev–Trinajstić information content (AvgIpc) is 2.45. The van der Waals surface area contributed by atoms with Crippen molar-refractivity contribution >= 4 is 5.78 Å². The minimum absolute atomic E-state index is 0.0701. The molecule has 0 spiro atoms. The van der Waals surface area contributed by atoms with Crippen molar-refractivity contribution in [1.82, 2.24) is 0 Å². The van der Waals surface area contributed by atoms with Gasteiger partial charge in [-0.05, 0) is 18.2 Å². The van der Waals surface area contributed by atoms with Crippen molar-refractivity contribution in [1.29, 1.82) is 0 Å². The number of benzene rings is 1. The summed E-state index contributed by atoms with van der Waals surface area (Å²) < 4.78 is 16.4. The Balaban J connectivity index is 2.18. The van der Waals surface area contributed by atoms with Gasteiger partial charge in [0.2, 0.25) is 0 Å². The molecule has 1 heterocycles. The lowest BCUT2D eigenvalue weighted by Gasteiger charge is -2.50. The van der Waals surface area contributed by atoms with Crippen molar-refractivity contribution in [3.8, 4) is 11.5 Å². The van der Waals surface area contributed by atoms with Crippen LogP contribution in [0, 0.1) is 0 Å². The van der Waals surface area contributed by atoms with Crippen molar-refractivity contribution in [2.24, 2.45) is 0 Å². The second-order valence-corrected chi connectivity index (χ2v) is 5.24. The minimum atomic E-state index is -1.63. The first-order chi connectivity index (χ1) is 9.94. The molecule has 0 saturated heterocycles. The number of hydrogen-bond donors (Lipinski definition) is 2. The largest absolute Gasteiger partial charge is 0.508 e. The summed E-state index contributed by atoms with van der Waals surface area (Å²) in [6.45, 7) is 0. The van der Waals surface area contributed by atoms with Crippen molar-refractivity contribution in [3.05, 3.63) is 35.6 Å². The van der Waals surface area contributed by atoms with Gasteiger partial charge in [-0.3, -0.25) is 4.79 Å². The van der Waals surface area contributed by atoms with E-state index in [1.165, 1.54) is 32.4 Å². The van der Waals surface area contributed by atoms with Crippen LogP contribution in [0.15, 0.2) is 30.0 Å². The zero-order valence-electron chi connectivity index (χ0n) is 11.8. The van der Waals surface area contributed by atoms with E-state index in [1.54, 1.807) is 6.07 Å². The molecular formula is C15H16O6. The second-order valence-electron chi connectivity index (χ2n) is 5.24. The maximum Gasteiger partial charge on any atom is 0.254 e. The molecule has 2 N–H and O–H groups in total. The van der Waals surface area contributed by atoms with Crippen LogP contribution in [0.5, 0.6) is 11.5 Å². The molecule has 1 aromatic rings. The number of hydrogen-bond acceptors (Lipinski definition) is 6. The Hall–Kier alpha value is -2.05. The third kappa shape index (κ3) is 1.83. The average molecular weight is 292 g/mol. The Bertz CT molecular complexity index is 637. The van der Waals surface area contributed by atoms with Crippen LogP contribution in [0.2, 0.25) is 0 Å². The Morgan fingerprint density at radius 2 is 2.05 bits per heavy atom. The van der Waals surface area contributed by atoms with Gasteiger partial charge in [0, 0.05) is 25.2 Å². The normalized spacial score (nSPS) is 30.8. The molecule has 0 aromatic heterocycles. The number of ketones is 1. The molecule has 2 aliphatic rings. The highest BCUT2D eigenvalue weighted by molar-refractivity contribution is 5.92. The molecule has 0 saturated carbocycles. The fourth-order valence-corrected chi connectivity index (χ4v) is 2.99. The second kappa shape index (κ2) is 4.47. The van der Waals surface area contributed by atoms with Crippen LogP contribution < -0.4 is 4.74 Å². The van der Waals surface area contributed by atoms with Crippen LogP contribution in [-0.4, -0.2) is 41.6 Å². The summed E-state index contributed by atoms with van der Waals surface area (Å²) in [5, 5.41) is 20.7. The van der Waals surface area contributed by atoms with Gasteiger partial charge in [0.25, 0.3) is 5.79 Å². The van der Waals surface area contributed by atoms with Gasteiger partial charge in [-0.25, -0.2) is 0 Å². The van der Waals surface area contributed by atoms with Crippen LogP contribution >= 0.6 is 0 Å². The molecule has 0 bridgehead atoms. The van der Waals surface area contributed by atoms with Crippen LogP contribution in [0.25, 0.3) is 0 Å². The summed E-state index contributed by atoms with van der Waals surface area (Å²) in [5.41, 5.74) is -1.02. The molecule has 3 rings (SSSR count). The van der Waals surface area contributed by atoms with E-state index < -0.39 is 11.4 Å². The molecular weight excluding hydrogens is 276 g/mol. The van der Waals surface area contributed by atoms with E-state index in [4.69, 9.17) is 14.2 Å². The number of carbonyl (C=O) groups is 1. The number of allylic oxidation sites excluding steroid dienone is 1. The van der Waals surface area contributed by atoms with Gasteiger partial charge in [0.15, 0.2) is 11.4 Å². The predicted octanol–water partition coefficient (Wildman–Crippen LogP) is 0.904. The van der Waals surface area contributed by atoms with E-state index in [-0.39, 0.29) is 30.1 Å². The molecule has 2 atom stereocenters. The van der Waals surface area contributed by atoms with Gasteiger partial charge >= 0.3 is 0 Å². The molecule has 21 heavy (non-hydrogen) atoms. The van der Waals surface area contributed by atoms with Crippen molar-refractivity contribution < 1.29 is 29.2 Å². The van der Waals surface area contributed by atoms with E-state index in [1.807, 2.05) is 0 Å². The maximum atomic E-state index is 11.9. The molecule has 112 valence electrons. The first kappa shape index (κ1) is 13.9. The molecule has 0 radical (unpaired) electrons. The lowest BCUT2D eigenvalue weighted by molar-refractivity contribution is -0.278. The number of carbonyl (C=O) groups excluding carboxylic acids is 1. The standard InChI is InChI=1S/C15H16O6/c1-19-13-6-11(17)8-15(20-2)14(13,18)7-9-5-10(16)3-4-12(9)21-15/h3-6,16,18H,7-8H2,1-2H3/t14-,15-/m1/s1. The summed E-state index contributed by atoms with van der Waals surface area (Å²) in [6, 6.07) is 4.57. The molecule has 0 fully saturated rings. The lowest BCUT2D eigenvalue weighted by Crippen LogP contribution is -2.66. The van der Waals surface area contributed by atoms with Crippen LogP contribution in [0.3, 0.4) is 0 Å². The van der Waals surface area contributed by atoms with E-state index in [0.717, 1.165) is 0 Å². The summed E-state index contributed by atoms with van der Waals surface area (Å²) in [5.74, 6) is -1.16. The zero-order chi connectivity index (χ0) is 15.3. The number of rotatable bonds is 2. The molecule has 1 aromatic carbocycles. The van der Waals surface area contributed by atoms with E-state index >= 15 is 0 Å².